The van der Waals surface area contributed by atoms with Crippen molar-refractivity contribution < 1.29 is 4.79 Å². The molecule has 5 rings (SSSR count). The van der Waals surface area contributed by atoms with Crippen molar-refractivity contribution in [1.82, 2.24) is 39.7 Å². The molecule has 4 aromatic heterocycles. The number of carbonyl (C=O) groups excluding carboxylic acids is 1. The summed E-state index contributed by atoms with van der Waals surface area (Å²) >= 11 is 0. The molecule has 1 amide bonds. The lowest BCUT2D eigenvalue weighted by atomic mass is 10.1. The van der Waals surface area contributed by atoms with E-state index in [2.05, 4.69) is 50.5 Å². The largest absolute Gasteiger partial charge is 0.340 e. The number of nitrogens with one attached hydrogen (secondary N) is 1. The first-order valence-corrected chi connectivity index (χ1v) is 12.8. The number of carbonyl (C=O) groups is 1. The lowest BCUT2D eigenvalue weighted by molar-refractivity contribution is -0.130. The van der Waals surface area contributed by atoms with Crippen molar-refractivity contribution in [1.29, 1.82) is 0 Å². The van der Waals surface area contributed by atoms with Gasteiger partial charge in [0.1, 0.15) is 5.82 Å². The van der Waals surface area contributed by atoms with Gasteiger partial charge in [-0.1, -0.05) is 13.8 Å². The third-order valence-corrected chi connectivity index (χ3v) is 6.78. The molecule has 0 spiro atoms. The van der Waals surface area contributed by atoms with Crippen LogP contribution < -0.4 is 5.32 Å². The minimum atomic E-state index is 0.167. The van der Waals surface area contributed by atoms with Gasteiger partial charge < -0.3 is 10.2 Å². The summed E-state index contributed by atoms with van der Waals surface area (Å²) in [6, 6.07) is 7.89. The minimum Gasteiger partial charge on any atom is -0.340 e. The highest BCUT2D eigenvalue weighted by molar-refractivity contribution is 5.81. The van der Waals surface area contributed by atoms with Gasteiger partial charge in [0.15, 0.2) is 5.82 Å². The third kappa shape index (κ3) is 6.08. The zero-order valence-electron chi connectivity index (χ0n) is 21.6. The molecule has 1 N–H and O–H groups in total. The summed E-state index contributed by atoms with van der Waals surface area (Å²) in [6.45, 7) is 11.3. The summed E-state index contributed by atoms with van der Waals surface area (Å²) in [5.74, 6) is 1.91. The molecule has 0 bridgehead atoms. The van der Waals surface area contributed by atoms with Gasteiger partial charge in [0.25, 0.3) is 0 Å². The highest BCUT2D eigenvalue weighted by Gasteiger charge is 2.18. The van der Waals surface area contributed by atoms with E-state index in [0.29, 0.717) is 17.6 Å². The Balaban J connectivity index is 1.21. The number of anilines is 2. The van der Waals surface area contributed by atoms with Crippen molar-refractivity contribution in [3.8, 4) is 11.1 Å². The SMILES string of the molecule is CC(=O)N1CCN(CCCn2cc(-c3cnc4ccc(Nc5cc(C(C)C)cnn5)nc4c3)cn2)CC1. The second-order valence-corrected chi connectivity index (χ2v) is 9.81. The molecule has 4 aromatic rings. The molecular weight excluding hydrogens is 466 g/mol. The predicted octanol–water partition coefficient (Wildman–Crippen LogP) is 3.70. The summed E-state index contributed by atoms with van der Waals surface area (Å²) < 4.78 is 1.98. The topological polar surface area (TPSA) is 105 Å². The molecule has 192 valence electrons. The van der Waals surface area contributed by atoms with Gasteiger partial charge in [-0.05, 0) is 42.2 Å². The molecule has 0 atom stereocenters. The molecule has 0 radical (unpaired) electrons. The maximum absolute atomic E-state index is 11.5. The lowest BCUT2D eigenvalue weighted by Crippen LogP contribution is -2.48. The van der Waals surface area contributed by atoms with Gasteiger partial charge in [-0.2, -0.15) is 10.2 Å². The van der Waals surface area contributed by atoms with E-state index in [1.807, 2.05) is 46.2 Å². The number of amides is 1. The van der Waals surface area contributed by atoms with E-state index in [0.717, 1.165) is 73.4 Å². The highest BCUT2D eigenvalue weighted by Crippen LogP contribution is 2.24. The van der Waals surface area contributed by atoms with Crippen molar-refractivity contribution in [3.05, 3.63) is 54.6 Å². The van der Waals surface area contributed by atoms with E-state index in [1.165, 1.54) is 0 Å². The van der Waals surface area contributed by atoms with Crippen LogP contribution in [0.15, 0.2) is 49.1 Å². The first kappa shape index (κ1) is 24.8. The van der Waals surface area contributed by atoms with E-state index in [4.69, 9.17) is 4.98 Å². The summed E-state index contributed by atoms with van der Waals surface area (Å²) in [6.07, 6.45) is 8.60. The molecule has 0 unspecified atom stereocenters. The molecule has 10 nitrogen and oxygen atoms in total. The molecule has 5 heterocycles. The maximum atomic E-state index is 11.5. The van der Waals surface area contributed by atoms with E-state index in [-0.39, 0.29) is 5.91 Å². The quantitative estimate of drug-likeness (QED) is 0.391. The molecule has 1 aliphatic rings. The number of aromatic nitrogens is 6. The molecule has 0 aromatic carbocycles. The Morgan fingerprint density at radius 1 is 0.973 bits per heavy atom. The van der Waals surface area contributed by atoms with Crippen LogP contribution in [0.25, 0.3) is 22.2 Å². The van der Waals surface area contributed by atoms with Crippen LogP contribution in [0.4, 0.5) is 11.6 Å². The molecular formula is C27H33N9O. The van der Waals surface area contributed by atoms with Crippen LogP contribution in [-0.4, -0.2) is 78.4 Å². The summed E-state index contributed by atoms with van der Waals surface area (Å²) in [7, 11) is 0. The fourth-order valence-corrected chi connectivity index (χ4v) is 4.50. The Hall–Kier alpha value is -3.92. The number of hydrogen-bond donors (Lipinski definition) is 1. The number of fused-ring (bicyclic) bond motifs is 1. The van der Waals surface area contributed by atoms with Crippen molar-refractivity contribution >= 4 is 28.6 Å². The van der Waals surface area contributed by atoms with Crippen LogP contribution in [0, 0.1) is 0 Å². The van der Waals surface area contributed by atoms with Crippen LogP contribution in [0.3, 0.4) is 0 Å². The van der Waals surface area contributed by atoms with Gasteiger partial charge in [-0.3, -0.25) is 19.4 Å². The van der Waals surface area contributed by atoms with Gasteiger partial charge in [0.05, 0.1) is 23.4 Å². The average Bonchev–Trinajstić information content (AvgIpc) is 3.38. The Labute approximate surface area is 216 Å². The van der Waals surface area contributed by atoms with Gasteiger partial charge in [-0.25, -0.2) is 4.98 Å². The van der Waals surface area contributed by atoms with Gasteiger partial charge in [0.2, 0.25) is 5.91 Å². The molecule has 37 heavy (non-hydrogen) atoms. The predicted molar refractivity (Wildman–Crippen MR) is 143 cm³/mol. The van der Waals surface area contributed by atoms with Crippen molar-refractivity contribution in [2.24, 2.45) is 0 Å². The first-order chi connectivity index (χ1) is 17.9. The number of rotatable bonds is 8. The van der Waals surface area contributed by atoms with E-state index in [9.17, 15) is 4.79 Å². The van der Waals surface area contributed by atoms with Crippen LogP contribution in [0.5, 0.6) is 0 Å². The molecule has 0 saturated carbocycles. The Morgan fingerprint density at radius 2 is 1.81 bits per heavy atom. The minimum absolute atomic E-state index is 0.167. The molecule has 1 fully saturated rings. The number of pyridine rings is 2. The summed E-state index contributed by atoms with van der Waals surface area (Å²) in [5.41, 5.74) is 4.74. The fourth-order valence-electron chi connectivity index (χ4n) is 4.50. The lowest BCUT2D eigenvalue weighted by Gasteiger charge is -2.34. The Kier molecular flexibility index (Phi) is 7.36. The molecule has 1 saturated heterocycles. The van der Waals surface area contributed by atoms with Crippen LogP contribution in [-0.2, 0) is 11.3 Å². The third-order valence-electron chi connectivity index (χ3n) is 6.78. The monoisotopic (exact) mass is 499 g/mol. The van der Waals surface area contributed by atoms with Gasteiger partial charge in [0, 0.05) is 69.7 Å². The van der Waals surface area contributed by atoms with E-state index in [1.54, 1.807) is 13.1 Å². The van der Waals surface area contributed by atoms with Gasteiger partial charge >= 0.3 is 0 Å². The first-order valence-electron chi connectivity index (χ1n) is 12.8. The van der Waals surface area contributed by atoms with Crippen molar-refractivity contribution in [3.63, 3.8) is 0 Å². The van der Waals surface area contributed by atoms with E-state index < -0.39 is 0 Å². The Bertz CT molecular complexity index is 1380. The molecule has 0 aliphatic carbocycles. The van der Waals surface area contributed by atoms with Crippen LogP contribution in [0.1, 0.15) is 38.7 Å². The number of hydrogen-bond acceptors (Lipinski definition) is 8. The van der Waals surface area contributed by atoms with Crippen LogP contribution >= 0.6 is 0 Å². The number of aryl methyl sites for hydroxylation is 1. The second-order valence-electron chi connectivity index (χ2n) is 9.81. The van der Waals surface area contributed by atoms with Crippen LogP contribution in [0.2, 0.25) is 0 Å². The highest BCUT2D eigenvalue weighted by atomic mass is 16.2. The summed E-state index contributed by atoms with van der Waals surface area (Å²) in [5, 5.41) is 16.1. The molecule has 10 heteroatoms. The number of piperazine rings is 1. The smallest absolute Gasteiger partial charge is 0.219 e. The maximum Gasteiger partial charge on any atom is 0.219 e. The zero-order valence-corrected chi connectivity index (χ0v) is 21.6. The normalized spacial score (nSPS) is 14.4. The standard InChI is InChI=1S/C27H33N9O/c1-19(2)21-14-27(33-29-16-21)32-26-6-5-24-25(31-26)13-22(15-28-24)23-17-30-36(18-23)8-4-7-34-9-11-35(12-10-34)20(3)37/h5-6,13-19H,4,7-12H2,1-3H3,(H,31,32,33). The van der Waals surface area contributed by atoms with Gasteiger partial charge in [-0.15, -0.1) is 5.10 Å². The van der Waals surface area contributed by atoms with E-state index >= 15 is 0 Å². The zero-order chi connectivity index (χ0) is 25.8. The van der Waals surface area contributed by atoms with Crippen molar-refractivity contribution in [2.75, 3.05) is 38.0 Å². The second kappa shape index (κ2) is 11.0. The number of nitrogens with zero attached hydrogens (tertiary/aromatic N) is 8. The average molecular weight is 500 g/mol. The fraction of sp³-hybridized carbons (Fsp3) is 0.407. The summed E-state index contributed by atoms with van der Waals surface area (Å²) in [4.78, 5) is 25.2. The molecule has 1 aliphatic heterocycles. The Morgan fingerprint density at radius 3 is 2.59 bits per heavy atom. The van der Waals surface area contributed by atoms with Crippen molar-refractivity contribution in [2.45, 2.75) is 39.7 Å².